The summed E-state index contributed by atoms with van der Waals surface area (Å²) >= 11 is 0. The summed E-state index contributed by atoms with van der Waals surface area (Å²) in [7, 11) is 1.63. The monoisotopic (exact) mass is 275 g/mol. The van der Waals surface area contributed by atoms with Gasteiger partial charge in [0, 0.05) is 20.6 Å². The van der Waals surface area contributed by atoms with E-state index in [2.05, 4.69) is 5.32 Å². The number of esters is 1. The minimum absolute atomic E-state index is 0.0615. The van der Waals surface area contributed by atoms with Crippen LogP contribution in [-0.4, -0.2) is 48.9 Å². The number of ether oxygens (including phenoxy) is 2. The maximum Gasteiger partial charge on any atom is 0.312 e. The van der Waals surface area contributed by atoms with Crippen LogP contribution in [0.1, 0.15) is 34.1 Å². The average Bonchev–Trinajstić information content (AvgIpc) is 2.26. The number of hydrogen-bond donors (Lipinski definition) is 2. The van der Waals surface area contributed by atoms with Crippen molar-refractivity contribution in [3.63, 3.8) is 0 Å². The van der Waals surface area contributed by atoms with Crippen molar-refractivity contribution in [1.82, 2.24) is 5.32 Å². The molecule has 0 aromatic rings. The molecule has 0 amide bonds. The fourth-order valence-electron chi connectivity index (χ4n) is 1.72. The van der Waals surface area contributed by atoms with Crippen molar-refractivity contribution in [2.45, 2.75) is 45.8 Å². The number of carboxylic acids is 1. The van der Waals surface area contributed by atoms with Gasteiger partial charge in [-0.2, -0.15) is 0 Å². The molecule has 1 aliphatic rings. The number of carbonyl (C=O) groups is 2. The van der Waals surface area contributed by atoms with Gasteiger partial charge in [-0.25, -0.2) is 0 Å². The predicted molar refractivity (Wildman–Crippen MR) is 70.9 cm³/mol. The first-order chi connectivity index (χ1) is 8.67. The maximum atomic E-state index is 11.9. The molecule has 0 saturated carbocycles. The Bertz CT molecular complexity index is 294. The molecule has 112 valence electrons. The highest BCUT2D eigenvalue weighted by atomic mass is 16.6. The van der Waals surface area contributed by atoms with Crippen molar-refractivity contribution in [3.05, 3.63) is 0 Å². The Morgan fingerprint density at radius 1 is 1.32 bits per heavy atom. The van der Waals surface area contributed by atoms with E-state index in [1.54, 1.807) is 7.11 Å². The first-order valence-electron chi connectivity index (χ1n) is 6.33. The molecule has 19 heavy (non-hydrogen) atoms. The van der Waals surface area contributed by atoms with Gasteiger partial charge in [0.15, 0.2) is 0 Å². The Kier molecular flexibility index (Phi) is 7.63. The van der Waals surface area contributed by atoms with Gasteiger partial charge < -0.3 is 19.9 Å². The van der Waals surface area contributed by atoms with Crippen LogP contribution in [0.4, 0.5) is 0 Å². The van der Waals surface area contributed by atoms with Crippen LogP contribution in [0.2, 0.25) is 0 Å². The van der Waals surface area contributed by atoms with Crippen LogP contribution >= 0.6 is 0 Å². The highest BCUT2D eigenvalue weighted by molar-refractivity contribution is 5.73. The number of rotatable bonds is 2. The van der Waals surface area contributed by atoms with E-state index >= 15 is 0 Å². The van der Waals surface area contributed by atoms with Crippen molar-refractivity contribution in [2.24, 2.45) is 5.92 Å². The summed E-state index contributed by atoms with van der Waals surface area (Å²) in [6, 6.07) is 0. The molecule has 1 heterocycles. The van der Waals surface area contributed by atoms with E-state index in [0.29, 0.717) is 0 Å². The maximum absolute atomic E-state index is 11.9. The highest BCUT2D eigenvalue weighted by Gasteiger charge is 2.34. The lowest BCUT2D eigenvalue weighted by atomic mass is 9.95. The molecule has 6 heteroatoms. The van der Waals surface area contributed by atoms with E-state index in [4.69, 9.17) is 19.4 Å². The molecule has 2 atom stereocenters. The van der Waals surface area contributed by atoms with E-state index in [0.717, 1.165) is 26.4 Å². The number of hydrogen-bond acceptors (Lipinski definition) is 5. The number of nitrogens with one attached hydrogen (secondary N) is 1. The molecule has 0 aromatic carbocycles. The van der Waals surface area contributed by atoms with Gasteiger partial charge in [-0.15, -0.1) is 0 Å². The van der Waals surface area contributed by atoms with Crippen molar-refractivity contribution in [2.75, 3.05) is 20.2 Å². The first kappa shape index (κ1) is 17.9. The quantitative estimate of drug-likeness (QED) is 0.733. The lowest BCUT2D eigenvalue weighted by molar-refractivity contribution is -0.166. The molecule has 1 fully saturated rings. The third-order valence-corrected chi connectivity index (χ3v) is 2.44. The number of methoxy groups -OCH3 is 1. The summed E-state index contributed by atoms with van der Waals surface area (Å²) in [4.78, 5) is 20.9. The summed E-state index contributed by atoms with van der Waals surface area (Å²) in [5.74, 6) is -1.11. The molecule has 0 spiro atoms. The van der Waals surface area contributed by atoms with Crippen LogP contribution in [0.15, 0.2) is 0 Å². The fraction of sp³-hybridized carbons (Fsp3) is 0.846. The van der Waals surface area contributed by atoms with Gasteiger partial charge in [0.2, 0.25) is 0 Å². The summed E-state index contributed by atoms with van der Waals surface area (Å²) < 4.78 is 10.6. The van der Waals surface area contributed by atoms with Crippen molar-refractivity contribution in [1.29, 1.82) is 0 Å². The molecule has 2 unspecified atom stereocenters. The zero-order valence-corrected chi connectivity index (χ0v) is 12.4. The summed E-state index contributed by atoms with van der Waals surface area (Å²) in [6.45, 7) is 8.31. The third kappa shape index (κ3) is 8.56. The molecule has 1 rings (SSSR count). The lowest BCUT2D eigenvalue weighted by Gasteiger charge is -2.31. The van der Waals surface area contributed by atoms with E-state index in [-0.39, 0.29) is 18.0 Å². The molecule has 1 aliphatic heterocycles. The Balaban J connectivity index is 0.000000711. The van der Waals surface area contributed by atoms with Crippen LogP contribution < -0.4 is 5.32 Å². The number of carboxylic acid groups (broad SMARTS) is 1. The lowest BCUT2D eigenvalue weighted by Crippen LogP contribution is -2.46. The molecule has 6 nitrogen and oxygen atoms in total. The second-order valence-electron chi connectivity index (χ2n) is 5.43. The molecule has 0 aliphatic carbocycles. The topological polar surface area (TPSA) is 84.9 Å². The smallest absolute Gasteiger partial charge is 0.312 e. The third-order valence-electron chi connectivity index (χ3n) is 2.44. The summed E-state index contributed by atoms with van der Waals surface area (Å²) in [5, 5.41) is 10.6. The molecule has 0 aromatic heterocycles. The molecular formula is C13H25NO5. The zero-order chi connectivity index (χ0) is 15.1. The van der Waals surface area contributed by atoms with Gasteiger partial charge >= 0.3 is 5.97 Å². The molecule has 0 radical (unpaired) electrons. The standard InChI is InChI=1S/C11H21NO3.C2H4O2/c1-11(2,3)15-10(13)8-5-6-12-7-9(8)14-4;1-2(3)4/h8-9,12H,5-7H2,1-4H3;1H3,(H,3,4). The fourth-order valence-corrected chi connectivity index (χ4v) is 1.72. The van der Waals surface area contributed by atoms with Gasteiger partial charge in [-0.3, -0.25) is 9.59 Å². The van der Waals surface area contributed by atoms with Gasteiger partial charge in [0.1, 0.15) is 5.60 Å². The highest BCUT2D eigenvalue weighted by Crippen LogP contribution is 2.20. The molecule has 2 N–H and O–H groups in total. The van der Waals surface area contributed by atoms with E-state index in [9.17, 15) is 4.79 Å². The predicted octanol–water partition coefficient (Wildman–Crippen LogP) is 1.04. The molecular weight excluding hydrogens is 250 g/mol. The molecule has 0 bridgehead atoms. The van der Waals surface area contributed by atoms with Crippen LogP contribution in [0, 0.1) is 5.92 Å². The second-order valence-corrected chi connectivity index (χ2v) is 5.43. The Labute approximate surface area is 114 Å². The number of piperidine rings is 1. The van der Waals surface area contributed by atoms with Crippen LogP contribution in [0.25, 0.3) is 0 Å². The number of aliphatic carboxylic acids is 1. The average molecular weight is 275 g/mol. The van der Waals surface area contributed by atoms with Crippen molar-refractivity contribution >= 4 is 11.9 Å². The minimum Gasteiger partial charge on any atom is -0.481 e. The van der Waals surface area contributed by atoms with Gasteiger partial charge in [-0.05, 0) is 33.7 Å². The molecule has 1 saturated heterocycles. The Hall–Kier alpha value is -1.14. The summed E-state index contributed by atoms with van der Waals surface area (Å²) in [5.41, 5.74) is -0.416. The normalized spacial score (nSPS) is 23.0. The Morgan fingerprint density at radius 3 is 2.26 bits per heavy atom. The summed E-state index contributed by atoms with van der Waals surface area (Å²) in [6.07, 6.45) is 0.724. The van der Waals surface area contributed by atoms with Crippen LogP contribution in [0.3, 0.4) is 0 Å². The van der Waals surface area contributed by atoms with Gasteiger partial charge in [0.25, 0.3) is 5.97 Å². The largest absolute Gasteiger partial charge is 0.481 e. The van der Waals surface area contributed by atoms with Gasteiger partial charge in [-0.1, -0.05) is 0 Å². The SMILES string of the molecule is CC(=O)O.COC1CNCCC1C(=O)OC(C)(C)C. The van der Waals surface area contributed by atoms with Gasteiger partial charge in [0.05, 0.1) is 12.0 Å². The van der Waals surface area contributed by atoms with Crippen LogP contribution in [-0.2, 0) is 19.1 Å². The van der Waals surface area contributed by atoms with E-state index in [1.807, 2.05) is 20.8 Å². The Morgan fingerprint density at radius 2 is 1.84 bits per heavy atom. The van der Waals surface area contributed by atoms with E-state index < -0.39 is 11.6 Å². The van der Waals surface area contributed by atoms with Crippen LogP contribution in [0.5, 0.6) is 0 Å². The van der Waals surface area contributed by atoms with Crippen molar-refractivity contribution < 1.29 is 24.2 Å². The second kappa shape index (κ2) is 8.12. The van der Waals surface area contributed by atoms with Crippen molar-refractivity contribution in [3.8, 4) is 0 Å². The van der Waals surface area contributed by atoms with E-state index in [1.165, 1.54) is 0 Å². The zero-order valence-electron chi connectivity index (χ0n) is 12.4. The minimum atomic E-state index is -0.833. The first-order valence-corrected chi connectivity index (χ1v) is 6.33. The number of carbonyl (C=O) groups excluding carboxylic acids is 1.